The maximum absolute atomic E-state index is 4.06. The van der Waals surface area contributed by atoms with Gasteiger partial charge in [-0.1, -0.05) is 196 Å². The van der Waals surface area contributed by atoms with Gasteiger partial charge in [-0.3, -0.25) is 0 Å². The molecule has 67 heavy (non-hydrogen) atoms. The minimum atomic E-state index is -1.78. The topological polar surface area (TPSA) is 6.48 Å². The van der Waals surface area contributed by atoms with Gasteiger partial charge in [0.1, 0.15) is 8.07 Å². The van der Waals surface area contributed by atoms with Crippen LogP contribution in [0.4, 0.5) is 28.4 Å². The SMILES string of the molecule is C=C/C=C\C1=C(C)[Si]2(CCCC2)c2ccccc2N1c1ccc2c(c1)C(C)(C)c1cc(/C=C/c3ccc(-c4ccc(N5c6ccccc6CCc6ccccc65)c5ccccc45)cc3)ccc1-2. The largest absolute Gasteiger partial charge is 0.311 e. The highest BCUT2D eigenvalue weighted by Gasteiger charge is 2.47. The van der Waals surface area contributed by atoms with Crippen LogP contribution in [-0.2, 0) is 18.3 Å². The molecule has 4 aliphatic rings. The molecule has 3 heteroatoms. The quantitative estimate of drug-likeness (QED) is 0.0894. The highest BCUT2D eigenvalue weighted by molar-refractivity contribution is 6.99. The first-order chi connectivity index (χ1) is 32.8. The van der Waals surface area contributed by atoms with E-state index in [0.29, 0.717) is 0 Å². The Labute approximate surface area is 397 Å². The minimum absolute atomic E-state index is 0.156. The van der Waals surface area contributed by atoms with Crippen LogP contribution in [0.15, 0.2) is 206 Å². The van der Waals surface area contributed by atoms with E-state index in [9.17, 15) is 0 Å². The number of nitrogens with zero attached hydrogens (tertiary/aromatic N) is 2. The molecule has 0 aromatic heterocycles. The zero-order valence-electron chi connectivity index (χ0n) is 38.9. The third-order valence-electron chi connectivity index (χ3n) is 15.8. The van der Waals surface area contributed by atoms with Gasteiger partial charge in [0.15, 0.2) is 0 Å². The van der Waals surface area contributed by atoms with Crippen molar-refractivity contribution in [1.82, 2.24) is 0 Å². The Kier molecular flexibility index (Phi) is 10.0. The second kappa shape index (κ2) is 16.3. The number of hydrogen-bond acceptors (Lipinski definition) is 2. The molecule has 0 amide bonds. The van der Waals surface area contributed by atoms with Crippen molar-refractivity contribution in [2.24, 2.45) is 0 Å². The van der Waals surface area contributed by atoms with Gasteiger partial charge in [-0.05, 0) is 141 Å². The molecule has 0 N–H and O–H groups in total. The summed E-state index contributed by atoms with van der Waals surface area (Å²) in [4.78, 5) is 5.04. The van der Waals surface area contributed by atoms with Crippen LogP contribution < -0.4 is 15.0 Å². The second-order valence-electron chi connectivity index (χ2n) is 19.6. The molecule has 0 saturated carbocycles. The van der Waals surface area contributed by atoms with Gasteiger partial charge in [-0.25, -0.2) is 0 Å². The predicted octanol–water partition coefficient (Wildman–Crippen LogP) is 16.7. The van der Waals surface area contributed by atoms with Gasteiger partial charge in [0.05, 0.1) is 5.69 Å². The molecule has 0 bridgehead atoms. The molecule has 1 fully saturated rings. The van der Waals surface area contributed by atoms with Crippen molar-refractivity contribution in [1.29, 1.82) is 0 Å². The standard InChI is InChI=1S/C64H56N2Si/c1-5-6-21-58-44(2)67(40-15-16-41-67)63-25-14-13-24-62(63)65(58)50-35-37-54-53-36-30-46(42-56(53)64(3,4)57(54)43-50)27-26-45-28-31-47(32-29-45)51-38-39-61(55-20-10-9-19-52(51)55)66-59-22-11-7-17-48(59)33-34-49-18-8-12-23-60(49)66/h5-14,17-32,35-39,42-43H,1,15-16,33-34,40-41H2,2-4H3/b21-6-,27-26+. The van der Waals surface area contributed by atoms with E-state index in [1.165, 1.54) is 125 Å². The molecule has 0 unspecified atom stereocenters. The Morgan fingerprint density at radius 3 is 1.82 bits per heavy atom. The van der Waals surface area contributed by atoms with Crippen LogP contribution in [0, 0.1) is 0 Å². The summed E-state index contributed by atoms with van der Waals surface area (Å²) in [5, 5.41) is 5.73. The molecule has 0 radical (unpaired) electrons. The van der Waals surface area contributed by atoms with E-state index in [1.54, 1.807) is 10.4 Å². The Morgan fingerprint density at radius 1 is 0.522 bits per heavy atom. The van der Waals surface area contributed by atoms with Crippen molar-refractivity contribution in [3.05, 3.63) is 239 Å². The van der Waals surface area contributed by atoms with Gasteiger partial charge in [-0.2, -0.15) is 0 Å². The van der Waals surface area contributed by atoms with E-state index in [4.69, 9.17) is 0 Å². The van der Waals surface area contributed by atoms with E-state index >= 15 is 0 Å². The lowest BCUT2D eigenvalue weighted by molar-refractivity contribution is 0.660. The van der Waals surface area contributed by atoms with Crippen molar-refractivity contribution < 1.29 is 0 Å². The van der Waals surface area contributed by atoms with Gasteiger partial charge in [0.2, 0.25) is 0 Å². The lowest BCUT2D eigenvalue weighted by atomic mass is 9.81. The first-order valence-corrected chi connectivity index (χ1v) is 26.7. The molecule has 3 aliphatic heterocycles. The summed E-state index contributed by atoms with van der Waals surface area (Å²) in [6.07, 6.45) is 15.6. The molecular formula is C64H56N2Si. The average Bonchev–Trinajstić information content (AvgIpc) is 3.90. The van der Waals surface area contributed by atoms with Crippen molar-refractivity contribution >= 4 is 64.6 Å². The van der Waals surface area contributed by atoms with Gasteiger partial charge < -0.3 is 9.80 Å². The van der Waals surface area contributed by atoms with Crippen LogP contribution >= 0.6 is 0 Å². The molecular weight excluding hydrogens is 825 g/mol. The third kappa shape index (κ3) is 6.66. The lowest BCUT2D eigenvalue weighted by Gasteiger charge is -2.43. The predicted molar refractivity (Wildman–Crippen MR) is 289 cm³/mol. The summed E-state index contributed by atoms with van der Waals surface area (Å²) in [5.74, 6) is 0. The second-order valence-corrected chi connectivity index (χ2v) is 24.1. The zero-order chi connectivity index (χ0) is 45.3. The van der Waals surface area contributed by atoms with Gasteiger partial charge in [0.25, 0.3) is 0 Å². The van der Waals surface area contributed by atoms with Gasteiger partial charge in [0, 0.05) is 39.2 Å². The summed E-state index contributed by atoms with van der Waals surface area (Å²) in [7, 11) is -1.78. The summed E-state index contributed by atoms with van der Waals surface area (Å²) < 4.78 is 0. The molecule has 1 aliphatic carbocycles. The molecule has 8 aromatic carbocycles. The number of rotatable bonds is 7. The maximum Gasteiger partial charge on any atom is 0.118 e. The summed E-state index contributed by atoms with van der Waals surface area (Å²) in [5.41, 5.74) is 20.6. The molecule has 326 valence electrons. The Bertz CT molecular complexity index is 3330. The molecule has 1 spiro atoms. The number of anilines is 5. The van der Waals surface area contributed by atoms with E-state index in [1.807, 2.05) is 6.08 Å². The first kappa shape index (κ1) is 41.2. The summed E-state index contributed by atoms with van der Waals surface area (Å²) >= 11 is 0. The lowest BCUT2D eigenvalue weighted by Crippen LogP contribution is -2.53. The van der Waals surface area contributed by atoms with Crippen LogP contribution in [0.2, 0.25) is 12.1 Å². The van der Waals surface area contributed by atoms with Crippen molar-refractivity contribution in [3.63, 3.8) is 0 Å². The first-order valence-electron chi connectivity index (χ1n) is 24.3. The van der Waals surface area contributed by atoms with Crippen LogP contribution in [-0.4, -0.2) is 8.07 Å². The molecule has 1 saturated heterocycles. The van der Waals surface area contributed by atoms with Crippen molar-refractivity contribution in [2.45, 2.75) is 64.0 Å². The third-order valence-corrected chi connectivity index (χ3v) is 21.3. The summed E-state index contributed by atoms with van der Waals surface area (Å²) in [6, 6.07) is 66.7. The van der Waals surface area contributed by atoms with Crippen molar-refractivity contribution in [3.8, 4) is 22.3 Å². The fraction of sp³-hybridized carbons (Fsp3) is 0.156. The fourth-order valence-corrected chi connectivity index (χ4v) is 17.7. The highest BCUT2D eigenvalue weighted by Crippen LogP contribution is 2.53. The number of para-hydroxylation sites is 3. The number of aryl methyl sites for hydroxylation is 2. The summed E-state index contributed by atoms with van der Waals surface area (Å²) in [6.45, 7) is 11.3. The van der Waals surface area contributed by atoms with E-state index in [0.717, 1.165) is 12.8 Å². The van der Waals surface area contributed by atoms with Crippen LogP contribution in [0.3, 0.4) is 0 Å². The number of hydrogen-bond donors (Lipinski definition) is 0. The van der Waals surface area contributed by atoms with Gasteiger partial charge in [-0.15, -0.1) is 0 Å². The normalized spacial score (nSPS) is 16.6. The highest BCUT2D eigenvalue weighted by atomic mass is 28.3. The Morgan fingerprint density at radius 2 is 1.10 bits per heavy atom. The Hall–Kier alpha value is -7.20. The monoisotopic (exact) mass is 880 g/mol. The smallest absolute Gasteiger partial charge is 0.118 e. The molecule has 12 rings (SSSR count). The van der Waals surface area contributed by atoms with Gasteiger partial charge >= 0.3 is 0 Å². The van der Waals surface area contributed by atoms with E-state index in [2.05, 4.69) is 231 Å². The molecule has 8 aromatic rings. The molecule has 0 atom stereocenters. The maximum atomic E-state index is 4.06. The number of fused-ring (bicyclic) bond motifs is 8. The van der Waals surface area contributed by atoms with Crippen LogP contribution in [0.5, 0.6) is 0 Å². The zero-order valence-corrected chi connectivity index (χ0v) is 39.9. The minimum Gasteiger partial charge on any atom is -0.311 e. The Balaban J connectivity index is 0.836. The van der Waals surface area contributed by atoms with E-state index < -0.39 is 8.07 Å². The van der Waals surface area contributed by atoms with E-state index in [-0.39, 0.29) is 5.41 Å². The number of allylic oxidation sites excluding steroid dienone is 4. The molecule has 3 heterocycles. The number of benzene rings is 8. The van der Waals surface area contributed by atoms with Crippen LogP contribution in [0.25, 0.3) is 45.2 Å². The average molecular weight is 881 g/mol. The molecule has 2 nitrogen and oxygen atoms in total. The van der Waals surface area contributed by atoms with Crippen molar-refractivity contribution in [2.75, 3.05) is 9.80 Å². The van der Waals surface area contributed by atoms with Crippen LogP contribution in [0.1, 0.15) is 67.0 Å². The fourth-order valence-electron chi connectivity index (χ4n) is 12.3.